The van der Waals surface area contributed by atoms with Gasteiger partial charge in [0.15, 0.2) is 0 Å². The molecule has 0 fully saturated rings. The number of ether oxygens (including phenoxy) is 1. The van der Waals surface area contributed by atoms with Gasteiger partial charge >= 0.3 is 0 Å². The largest absolute Gasteiger partial charge is 0.496 e. The van der Waals surface area contributed by atoms with Gasteiger partial charge in [0, 0.05) is 5.56 Å². The van der Waals surface area contributed by atoms with Crippen molar-refractivity contribution >= 4 is 28.7 Å². The van der Waals surface area contributed by atoms with E-state index in [2.05, 4.69) is 142 Å². The Bertz CT molecular complexity index is 1490. The summed E-state index contributed by atoms with van der Waals surface area (Å²) in [5.41, 5.74) is 12.2. The van der Waals surface area contributed by atoms with Gasteiger partial charge in [0.2, 0.25) is 6.71 Å². The Morgan fingerprint density at radius 2 is 0.974 bits per heavy atom. The van der Waals surface area contributed by atoms with E-state index in [-0.39, 0.29) is 6.71 Å². The highest BCUT2D eigenvalue weighted by molar-refractivity contribution is 7.00. The number of hydrogen-bond acceptors (Lipinski definition) is 1. The Morgan fingerprint density at radius 3 is 1.50 bits per heavy atom. The second-order valence-electron chi connectivity index (χ2n) is 9.98. The van der Waals surface area contributed by atoms with E-state index in [1.165, 1.54) is 44.2 Å². The summed E-state index contributed by atoms with van der Waals surface area (Å²) in [6.45, 7) is 6.44. The number of benzene rings is 5. The first-order chi connectivity index (χ1) is 18.5. The van der Waals surface area contributed by atoms with Gasteiger partial charge in [-0.05, 0) is 43.5 Å². The molecule has 0 spiro atoms. The first-order valence-corrected chi connectivity index (χ1v) is 13.2. The molecule has 0 aromatic heterocycles. The molecule has 5 aromatic rings. The van der Waals surface area contributed by atoms with Crippen molar-refractivity contribution < 1.29 is 4.74 Å². The number of para-hydroxylation sites is 1. The molecule has 5 aromatic carbocycles. The van der Waals surface area contributed by atoms with Crippen molar-refractivity contribution in [2.45, 2.75) is 20.8 Å². The molecular formula is C36H33BO. The molecular weight excluding hydrogens is 459 g/mol. The Morgan fingerprint density at radius 1 is 0.500 bits per heavy atom. The molecule has 0 amide bonds. The zero-order chi connectivity index (χ0) is 26.5. The maximum Gasteiger partial charge on any atom is 0.242 e. The molecule has 0 saturated carbocycles. The summed E-state index contributed by atoms with van der Waals surface area (Å²) in [4.78, 5) is 0. The van der Waals surface area contributed by atoms with E-state index >= 15 is 0 Å². The smallest absolute Gasteiger partial charge is 0.242 e. The van der Waals surface area contributed by atoms with E-state index in [0.717, 1.165) is 16.9 Å². The minimum Gasteiger partial charge on any atom is -0.496 e. The Balaban J connectivity index is 1.94. The van der Waals surface area contributed by atoms with Crippen LogP contribution in [0.25, 0.3) is 11.0 Å². The third-order valence-electron chi connectivity index (χ3n) is 7.18. The highest BCUT2D eigenvalue weighted by atomic mass is 16.5. The SMILES string of the molecule is COc1ccccc1/C(=C(\B(c1ccc(C)cc1)c1ccc(C)cc1)c1ccc(C)cc1)c1ccccc1. The van der Waals surface area contributed by atoms with Crippen molar-refractivity contribution in [3.05, 3.63) is 161 Å². The van der Waals surface area contributed by atoms with Crippen LogP contribution in [-0.2, 0) is 0 Å². The van der Waals surface area contributed by atoms with Crippen molar-refractivity contribution in [1.82, 2.24) is 0 Å². The number of hydrogen-bond donors (Lipinski definition) is 0. The van der Waals surface area contributed by atoms with Gasteiger partial charge in [-0.25, -0.2) is 0 Å². The van der Waals surface area contributed by atoms with E-state index in [1.54, 1.807) is 7.11 Å². The van der Waals surface area contributed by atoms with Gasteiger partial charge in [0.05, 0.1) is 7.11 Å². The van der Waals surface area contributed by atoms with E-state index < -0.39 is 0 Å². The van der Waals surface area contributed by atoms with Gasteiger partial charge in [-0.2, -0.15) is 0 Å². The number of aryl methyl sites for hydroxylation is 3. The van der Waals surface area contributed by atoms with Gasteiger partial charge < -0.3 is 4.74 Å². The average molecular weight is 492 g/mol. The normalized spacial score (nSPS) is 11.6. The fraction of sp³-hybridized carbons (Fsp3) is 0.111. The summed E-state index contributed by atoms with van der Waals surface area (Å²) in [5, 5.41) is 0. The molecule has 0 N–H and O–H groups in total. The highest BCUT2D eigenvalue weighted by Crippen LogP contribution is 2.38. The highest BCUT2D eigenvalue weighted by Gasteiger charge is 2.30. The Labute approximate surface area is 227 Å². The molecule has 0 unspecified atom stereocenters. The van der Waals surface area contributed by atoms with Crippen LogP contribution in [0.15, 0.2) is 127 Å². The summed E-state index contributed by atoms with van der Waals surface area (Å²) in [5.74, 6) is 0.863. The van der Waals surface area contributed by atoms with Crippen molar-refractivity contribution in [3.8, 4) is 5.75 Å². The van der Waals surface area contributed by atoms with Gasteiger partial charge in [-0.3, -0.25) is 0 Å². The molecule has 0 bridgehead atoms. The molecule has 186 valence electrons. The summed E-state index contributed by atoms with van der Waals surface area (Å²) in [6.07, 6.45) is 0. The molecule has 0 aliphatic carbocycles. The van der Waals surface area contributed by atoms with E-state index in [1.807, 2.05) is 6.07 Å². The molecule has 2 heteroatoms. The molecule has 0 radical (unpaired) electrons. The Hall–Kier alpha value is -4.30. The number of rotatable bonds is 7. The minimum atomic E-state index is 0.0130. The van der Waals surface area contributed by atoms with Crippen molar-refractivity contribution in [1.29, 1.82) is 0 Å². The van der Waals surface area contributed by atoms with Crippen LogP contribution in [0.3, 0.4) is 0 Å². The minimum absolute atomic E-state index is 0.0130. The van der Waals surface area contributed by atoms with E-state index in [0.29, 0.717) is 0 Å². The topological polar surface area (TPSA) is 9.23 Å². The summed E-state index contributed by atoms with van der Waals surface area (Å²) in [7, 11) is 1.75. The van der Waals surface area contributed by atoms with Crippen LogP contribution in [0.1, 0.15) is 33.4 Å². The zero-order valence-corrected chi connectivity index (χ0v) is 22.6. The van der Waals surface area contributed by atoms with Gasteiger partial charge in [0.25, 0.3) is 0 Å². The van der Waals surface area contributed by atoms with Crippen LogP contribution in [0.4, 0.5) is 0 Å². The summed E-state index contributed by atoms with van der Waals surface area (Å²) in [6, 6.07) is 46.0. The predicted octanol–water partition coefficient (Wildman–Crippen LogP) is 7.43. The third kappa shape index (κ3) is 5.36. The van der Waals surface area contributed by atoms with Crippen molar-refractivity contribution in [3.63, 3.8) is 0 Å². The summed E-state index contributed by atoms with van der Waals surface area (Å²) >= 11 is 0. The van der Waals surface area contributed by atoms with E-state index in [4.69, 9.17) is 4.74 Å². The van der Waals surface area contributed by atoms with Gasteiger partial charge in [-0.1, -0.05) is 154 Å². The second kappa shape index (κ2) is 11.4. The maximum absolute atomic E-state index is 5.94. The third-order valence-corrected chi connectivity index (χ3v) is 7.18. The van der Waals surface area contributed by atoms with Crippen LogP contribution in [0.5, 0.6) is 5.75 Å². The van der Waals surface area contributed by atoms with Gasteiger partial charge in [-0.15, -0.1) is 0 Å². The van der Waals surface area contributed by atoms with Gasteiger partial charge in [0.1, 0.15) is 5.75 Å². The molecule has 0 atom stereocenters. The fourth-order valence-electron chi connectivity index (χ4n) is 5.14. The molecule has 5 rings (SSSR count). The zero-order valence-electron chi connectivity index (χ0n) is 22.6. The fourth-order valence-corrected chi connectivity index (χ4v) is 5.14. The van der Waals surface area contributed by atoms with Crippen LogP contribution in [0.2, 0.25) is 0 Å². The number of methoxy groups -OCH3 is 1. The van der Waals surface area contributed by atoms with Crippen molar-refractivity contribution in [2.75, 3.05) is 7.11 Å². The summed E-state index contributed by atoms with van der Waals surface area (Å²) < 4.78 is 5.94. The van der Waals surface area contributed by atoms with Crippen LogP contribution in [-0.4, -0.2) is 13.8 Å². The first kappa shape index (κ1) is 25.4. The van der Waals surface area contributed by atoms with Crippen molar-refractivity contribution in [2.24, 2.45) is 0 Å². The van der Waals surface area contributed by atoms with Crippen LogP contribution >= 0.6 is 0 Å². The Kier molecular flexibility index (Phi) is 7.61. The lowest BCUT2D eigenvalue weighted by Crippen LogP contribution is -2.44. The predicted molar refractivity (Wildman–Crippen MR) is 164 cm³/mol. The molecule has 0 aliphatic rings. The molecule has 0 aliphatic heterocycles. The maximum atomic E-state index is 5.94. The molecule has 1 nitrogen and oxygen atoms in total. The standard InChI is InChI=1S/C36H33BO/c1-26-14-20-30(21-15-26)36(35(29-10-6-5-7-11-29)33-12-8-9-13-34(33)38-4)37(31-22-16-27(2)17-23-31)32-24-18-28(3)19-25-32/h5-25H,1-4H3/b36-35-. The lowest BCUT2D eigenvalue weighted by Gasteiger charge is -2.25. The van der Waals surface area contributed by atoms with Crippen LogP contribution < -0.4 is 15.7 Å². The van der Waals surface area contributed by atoms with Crippen LogP contribution in [0, 0.1) is 20.8 Å². The van der Waals surface area contributed by atoms with E-state index in [9.17, 15) is 0 Å². The lowest BCUT2D eigenvalue weighted by molar-refractivity contribution is 0.413. The quantitative estimate of drug-likeness (QED) is 0.170. The lowest BCUT2D eigenvalue weighted by atomic mass is 9.34. The molecule has 38 heavy (non-hydrogen) atoms. The molecule has 0 heterocycles. The average Bonchev–Trinajstić information content (AvgIpc) is 2.96. The monoisotopic (exact) mass is 492 g/mol. The second-order valence-corrected chi connectivity index (χ2v) is 9.98. The molecule has 0 saturated heterocycles. The first-order valence-electron chi connectivity index (χ1n) is 13.2.